The Morgan fingerprint density at radius 1 is 1.47 bits per heavy atom. The highest BCUT2D eigenvalue weighted by Gasteiger charge is 2.25. The molecule has 0 bridgehead atoms. The molecule has 3 nitrogen and oxygen atoms in total. The van der Waals surface area contributed by atoms with Gasteiger partial charge < -0.3 is 10.4 Å². The van der Waals surface area contributed by atoms with Crippen LogP contribution in [0.4, 0.5) is 4.39 Å². The summed E-state index contributed by atoms with van der Waals surface area (Å²) in [7, 11) is 0. The predicted octanol–water partition coefficient (Wildman–Crippen LogP) is 0.980. The highest BCUT2D eigenvalue weighted by atomic mass is 19.1. The molecule has 0 radical (unpaired) electrons. The van der Waals surface area contributed by atoms with E-state index in [1.807, 2.05) is 6.07 Å². The number of hydrogen-bond acceptors (Lipinski definition) is 3. The number of aliphatic hydroxyl groups is 1. The molecule has 1 aromatic rings. The highest BCUT2D eigenvalue weighted by Crippen LogP contribution is 2.14. The molecule has 1 heterocycles. The van der Waals surface area contributed by atoms with Crippen molar-refractivity contribution in [2.45, 2.75) is 25.6 Å². The summed E-state index contributed by atoms with van der Waals surface area (Å²) in [5, 5.41) is 12.6. The fourth-order valence-electron chi connectivity index (χ4n) is 2.25. The van der Waals surface area contributed by atoms with E-state index in [0.29, 0.717) is 18.2 Å². The van der Waals surface area contributed by atoms with E-state index in [9.17, 15) is 9.50 Å². The van der Waals surface area contributed by atoms with E-state index in [0.717, 1.165) is 13.1 Å². The van der Waals surface area contributed by atoms with Crippen LogP contribution in [0.15, 0.2) is 24.3 Å². The minimum Gasteiger partial charge on any atom is -0.395 e. The molecule has 1 aliphatic heterocycles. The van der Waals surface area contributed by atoms with Crippen LogP contribution in [0.5, 0.6) is 0 Å². The first-order valence-electron chi connectivity index (χ1n) is 6.02. The number of halogens is 1. The number of benzene rings is 1. The molecular formula is C13H19FN2O. The summed E-state index contributed by atoms with van der Waals surface area (Å²) < 4.78 is 13.6. The minimum atomic E-state index is -0.171. The lowest BCUT2D eigenvalue weighted by molar-refractivity contribution is 0.0772. The number of piperazine rings is 1. The summed E-state index contributed by atoms with van der Waals surface area (Å²) >= 11 is 0. The monoisotopic (exact) mass is 238 g/mol. The van der Waals surface area contributed by atoms with E-state index in [1.54, 1.807) is 12.1 Å². The van der Waals surface area contributed by atoms with E-state index in [1.165, 1.54) is 6.07 Å². The Balaban J connectivity index is 2.07. The van der Waals surface area contributed by atoms with Gasteiger partial charge in [-0.25, -0.2) is 4.39 Å². The Hall–Kier alpha value is -0.970. The molecular weight excluding hydrogens is 219 g/mol. The quantitative estimate of drug-likeness (QED) is 0.824. The van der Waals surface area contributed by atoms with Crippen molar-refractivity contribution in [2.75, 3.05) is 19.7 Å². The van der Waals surface area contributed by atoms with Crippen LogP contribution >= 0.6 is 0 Å². The first-order chi connectivity index (χ1) is 8.20. The largest absolute Gasteiger partial charge is 0.395 e. The Morgan fingerprint density at radius 2 is 2.24 bits per heavy atom. The van der Waals surface area contributed by atoms with Crippen LogP contribution in [0, 0.1) is 5.82 Å². The van der Waals surface area contributed by atoms with Crippen molar-refractivity contribution >= 4 is 0 Å². The third-order valence-electron chi connectivity index (χ3n) is 3.27. The Bertz CT molecular complexity index is 372. The maximum atomic E-state index is 13.6. The van der Waals surface area contributed by atoms with Gasteiger partial charge in [0.15, 0.2) is 0 Å². The smallest absolute Gasteiger partial charge is 0.127 e. The Labute approximate surface area is 101 Å². The number of aliphatic hydroxyl groups excluding tert-OH is 1. The third-order valence-corrected chi connectivity index (χ3v) is 3.27. The second kappa shape index (κ2) is 5.58. The fraction of sp³-hybridized carbons (Fsp3) is 0.538. The van der Waals surface area contributed by atoms with Crippen molar-refractivity contribution in [3.05, 3.63) is 35.6 Å². The molecule has 0 saturated carbocycles. The van der Waals surface area contributed by atoms with Crippen LogP contribution in [0.3, 0.4) is 0 Å². The molecule has 0 amide bonds. The molecule has 17 heavy (non-hydrogen) atoms. The lowest BCUT2D eigenvalue weighted by Crippen LogP contribution is -2.56. The zero-order valence-corrected chi connectivity index (χ0v) is 10.1. The van der Waals surface area contributed by atoms with Gasteiger partial charge in [0.05, 0.1) is 6.61 Å². The highest BCUT2D eigenvalue weighted by molar-refractivity contribution is 5.17. The van der Waals surface area contributed by atoms with E-state index in [-0.39, 0.29) is 18.5 Å². The lowest BCUT2D eigenvalue weighted by Gasteiger charge is -2.38. The van der Waals surface area contributed by atoms with Crippen molar-refractivity contribution in [3.8, 4) is 0 Å². The van der Waals surface area contributed by atoms with Gasteiger partial charge in [-0.1, -0.05) is 18.2 Å². The number of nitrogens with one attached hydrogen (secondary N) is 1. The second-order valence-electron chi connectivity index (χ2n) is 4.67. The molecule has 1 saturated heterocycles. The van der Waals surface area contributed by atoms with Gasteiger partial charge in [-0.05, 0) is 13.0 Å². The Kier molecular flexibility index (Phi) is 4.10. The SMILES string of the molecule is CC1CN(Cc2ccccc2F)C(CO)CN1. The number of nitrogens with zero attached hydrogens (tertiary/aromatic N) is 1. The van der Waals surface area contributed by atoms with E-state index in [4.69, 9.17) is 0 Å². The number of rotatable bonds is 3. The maximum absolute atomic E-state index is 13.6. The van der Waals surface area contributed by atoms with Crippen LogP contribution < -0.4 is 5.32 Å². The molecule has 2 unspecified atom stereocenters. The van der Waals surface area contributed by atoms with Crippen molar-refractivity contribution in [2.24, 2.45) is 0 Å². The average molecular weight is 238 g/mol. The van der Waals surface area contributed by atoms with Gasteiger partial charge in [0, 0.05) is 37.3 Å². The lowest BCUT2D eigenvalue weighted by atomic mass is 10.1. The van der Waals surface area contributed by atoms with Gasteiger partial charge in [-0.15, -0.1) is 0 Å². The Morgan fingerprint density at radius 3 is 2.94 bits per heavy atom. The summed E-state index contributed by atoms with van der Waals surface area (Å²) in [6.07, 6.45) is 0. The van der Waals surface area contributed by atoms with Crippen molar-refractivity contribution in [1.82, 2.24) is 10.2 Å². The summed E-state index contributed by atoms with van der Waals surface area (Å²) in [4.78, 5) is 2.14. The summed E-state index contributed by atoms with van der Waals surface area (Å²) in [5.41, 5.74) is 0.694. The first kappa shape index (κ1) is 12.5. The zero-order valence-electron chi connectivity index (χ0n) is 10.1. The topological polar surface area (TPSA) is 35.5 Å². The van der Waals surface area contributed by atoms with Gasteiger partial charge in [-0.3, -0.25) is 4.90 Å². The van der Waals surface area contributed by atoms with E-state index >= 15 is 0 Å². The fourth-order valence-corrected chi connectivity index (χ4v) is 2.25. The first-order valence-corrected chi connectivity index (χ1v) is 6.02. The standard InChI is InChI=1S/C13H19FN2O/c1-10-7-16(12(9-17)6-15-10)8-11-4-2-3-5-13(11)14/h2-5,10,12,15,17H,6-9H2,1H3. The van der Waals surface area contributed by atoms with E-state index in [2.05, 4.69) is 17.1 Å². The van der Waals surface area contributed by atoms with E-state index < -0.39 is 0 Å². The van der Waals surface area contributed by atoms with Gasteiger partial charge in [0.1, 0.15) is 5.82 Å². The number of hydrogen-bond donors (Lipinski definition) is 2. The molecule has 2 atom stereocenters. The molecule has 1 aromatic carbocycles. The van der Waals surface area contributed by atoms with Crippen LogP contribution in [0.2, 0.25) is 0 Å². The zero-order chi connectivity index (χ0) is 12.3. The predicted molar refractivity (Wildman–Crippen MR) is 65.1 cm³/mol. The average Bonchev–Trinajstić information content (AvgIpc) is 2.32. The molecule has 4 heteroatoms. The second-order valence-corrected chi connectivity index (χ2v) is 4.67. The summed E-state index contributed by atoms with van der Waals surface area (Å²) in [5.74, 6) is -0.171. The van der Waals surface area contributed by atoms with Crippen LogP contribution in [0.1, 0.15) is 12.5 Å². The molecule has 1 aliphatic rings. The molecule has 0 aromatic heterocycles. The van der Waals surface area contributed by atoms with Crippen molar-refractivity contribution in [1.29, 1.82) is 0 Å². The molecule has 0 aliphatic carbocycles. The molecule has 94 valence electrons. The minimum absolute atomic E-state index is 0.0748. The van der Waals surface area contributed by atoms with Gasteiger partial charge in [0.25, 0.3) is 0 Å². The van der Waals surface area contributed by atoms with Crippen molar-refractivity contribution in [3.63, 3.8) is 0 Å². The van der Waals surface area contributed by atoms with Crippen LogP contribution in [0.25, 0.3) is 0 Å². The molecule has 2 rings (SSSR count). The maximum Gasteiger partial charge on any atom is 0.127 e. The van der Waals surface area contributed by atoms with Crippen LogP contribution in [-0.4, -0.2) is 41.8 Å². The third kappa shape index (κ3) is 3.03. The summed E-state index contributed by atoms with van der Waals surface area (Å²) in [6, 6.07) is 7.28. The summed E-state index contributed by atoms with van der Waals surface area (Å²) in [6.45, 7) is 4.35. The van der Waals surface area contributed by atoms with Gasteiger partial charge >= 0.3 is 0 Å². The van der Waals surface area contributed by atoms with Crippen molar-refractivity contribution < 1.29 is 9.50 Å². The van der Waals surface area contributed by atoms with Gasteiger partial charge in [-0.2, -0.15) is 0 Å². The van der Waals surface area contributed by atoms with Gasteiger partial charge in [0.2, 0.25) is 0 Å². The normalized spacial score (nSPS) is 26.1. The molecule has 2 N–H and O–H groups in total. The van der Waals surface area contributed by atoms with Crippen LogP contribution in [-0.2, 0) is 6.54 Å². The molecule has 1 fully saturated rings. The molecule has 0 spiro atoms.